The summed E-state index contributed by atoms with van der Waals surface area (Å²) in [5.41, 5.74) is 7.18. The third kappa shape index (κ3) is 9.89. The van der Waals surface area contributed by atoms with Crippen LogP contribution in [0.2, 0.25) is 5.02 Å². The van der Waals surface area contributed by atoms with Gasteiger partial charge in [0.1, 0.15) is 18.9 Å². The monoisotopic (exact) mass is 606 g/mol. The number of oxime groups is 1. The summed E-state index contributed by atoms with van der Waals surface area (Å²) >= 11 is 5.89. The molecule has 2 unspecified atom stereocenters. The number of likely N-dealkylation sites (tertiary alicyclic amines) is 1. The van der Waals surface area contributed by atoms with Gasteiger partial charge in [0.15, 0.2) is 11.9 Å². The van der Waals surface area contributed by atoms with Gasteiger partial charge in [-0.3, -0.25) is 14.1 Å². The summed E-state index contributed by atoms with van der Waals surface area (Å²) in [6, 6.07) is 9.73. The number of nitrogens with one attached hydrogen (secondary N) is 1. The summed E-state index contributed by atoms with van der Waals surface area (Å²) in [6.45, 7) is -1.24. The first-order valence-electron chi connectivity index (χ1n) is 11.7. The summed E-state index contributed by atoms with van der Waals surface area (Å²) in [7, 11) is -2.27. The predicted octanol–water partition coefficient (Wildman–Crippen LogP) is 2.05. The van der Waals surface area contributed by atoms with Crippen molar-refractivity contribution < 1.29 is 46.0 Å². The van der Waals surface area contributed by atoms with E-state index in [2.05, 4.69) is 20.0 Å². The lowest BCUT2D eigenvalue weighted by atomic mass is 9.98. The maximum Gasteiger partial charge on any atom is 0.387 e. The van der Waals surface area contributed by atoms with Gasteiger partial charge in [-0.25, -0.2) is 0 Å². The van der Waals surface area contributed by atoms with Gasteiger partial charge in [0, 0.05) is 23.7 Å². The normalized spacial score (nSPS) is 15.8. The number of halogens is 3. The van der Waals surface area contributed by atoms with Crippen LogP contribution in [0.25, 0.3) is 0 Å². The fourth-order valence-electron chi connectivity index (χ4n) is 3.39. The Labute approximate surface area is 234 Å². The number of aliphatic hydroxyl groups excluding tert-OH is 1. The highest BCUT2D eigenvalue weighted by atomic mass is 35.5. The Bertz CT molecular complexity index is 1310. The molecule has 2 aromatic rings. The molecule has 1 fully saturated rings. The molecule has 0 radical (unpaired) electrons. The van der Waals surface area contributed by atoms with Crippen molar-refractivity contribution in [1.29, 1.82) is 0 Å². The van der Waals surface area contributed by atoms with Crippen molar-refractivity contribution in [3.05, 3.63) is 64.2 Å². The molecule has 40 heavy (non-hydrogen) atoms. The number of carbonyl (C=O) groups excluding carboxylic acids is 2. The maximum absolute atomic E-state index is 12.7. The molecule has 3 rings (SSSR count). The van der Waals surface area contributed by atoms with Crippen LogP contribution >= 0.6 is 11.6 Å². The summed E-state index contributed by atoms with van der Waals surface area (Å²) in [6.07, 6.45) is -1.27. The average Bonchev–Trinajstić information content (AvgIpc) is 2.86. The van der Waals surface area contributed by atoms with Crippen LogP contribution in [0.4, 0.5) is 8.78 Å². The van der Waals surface area contributed by atoms with Crippen LogP contribution < -0.4 is 15.8 Å². The molecule has 0 saturated carbocycles. The van der Waals surface area contributed by atoms with Gasteiger partial charge in [-0.15, -0.1) is 0 Å². The van der Waals surface area contributed by atoms with Gasteiger partial charge in [-0.1, -0.05) is 41.0 Å². The maximum atomic E-state index is 12.7. The van der Waals surface area contributed by atoms with Crippen molar-refractivity contribution in [3.63, 3.8) is 0 Å². The fraction of sp³-hybridized carbons (Fsp3) is 0.375. The van der Waals surface area contributed by atoms with Crippen molar-refractivity contribution in [2.45, 2.75) is 38.6 Å². The molecule has 16 heteroatoms. The minimum atomic E-state index is -3.66. The molecule has 0 aromatic heterocycles. The molecule has 2 aromatic carbocycles. The van der Waals surface area contributed by atoms with Gasteiger partial charge in [-0.2, -0.15) is 17.2 Å². The number of rotatable bonds is 10. The molecule has 0 spiro atoms. The van der Waals surface area contributed by atoms with Crippen LogP contribution in [0.3, 0.4) is 0 Å². The molecular weight excluding hydrogens is 578 g/mol. The lowest BCUT2D eigenvalue weighted by Gasteiger charge is -2.40. The average molecular weight is 607 g/mol. The van der Waals surface area contributed by atoms with E-state index >= 15 is 0 Å². The highest BCUT2D eigenvalue weighted by molar-refractivity contribution is 7.85. The minimum absolute atomic E-state index is 0.0131. The Hall–Kier alpha value is -3.53. The molecule has 2 amide bonds. The van der Waals surface area contributed by atoms with Gasteiger partial charge in [-0.05, 0) is 42.7 Å². The summed E-state index contributed by atoms with van der Waals surface area (Å²) in [4.78, 5) is 31.2. The van der Waals surface area contributed by atoms with Gasteiger partial charge >= 0.3 is 6.61 Å². The van der Waals surface area contributed by atoms with Crippen LogP contribution in [0.15, 0.2) is 47.6 Å². The standard InChI is InChI=1S/C22H23ClF2N4O5.C2H6O3S/c1-33-28-19(26)13-4-2-12(3-5-13)11-27-20(31)17-6-7-29(17)21(32)18(30)14-8-15(23)10-16(9-14)34-22(24)25;1-2-6(3,4)5/h2-5,8-10,17-18,22,30H,6-7,11H2,1H3,(H2,26,28)(H,27,31);2H2,1H3,(H,3,4,5). The van der Waals surface area contributed by atoms with Crippen molar-refractivity contribution >= 4 is 39.4 Å². The van der Waals surface area contributed by atoms with E-state index in [4.69, 9.17) is 21.9 Å². The number of nitrogens with two attached hydrogens (primary N) is 1. The SMILES string of the molecule is CCS(=O)(=O)O.CO/N=C(\N)c1ccc(CNC(=O)C2CCN2C(=O)C(O)c2cc(Cl)cc(OC(F)F)c2)cc1. The Kier molecular flexibility index (Phi) is 12.0. The number of carbonyl (C=O) groups is 2. The first kappa shape index (κ1) is 32.7. The van der Waals surface area contributed by atoms with Crippen molar-refractivity contribution in [2.24, 2.45) is 10.9 Å². The van der Waals surface area contributed by atoms with Crippen molar-refractivity contribution in [3.8, 4) is 5.75 Å². The predicted molar refractivity (Wildman–Crippen MR) is 141 cm³/mol. The van der Waals surface area contributed by atoms with E-state index in [9.17, 15) is 31.9 Å². The Morgan fingerprint density at radius 3 is 2.38 bits per heavy atom. The molecule has 1 aliphatic heterocycles. The van der Waals surface area contributed by atoms with Crippen molar-refractivity contribution in [2.75, 3.05) is 19.4 Å². The van der Waals surface area contributed by atoms with E-state index in [0.29, 0.717) is 12.0 Å². The molecule has 1 aliphatic rings. The van der Waals surface area contributed by atoms with E-state index in [1.54, 1.807) is 24.3 Å². The van der Waals surface area contributed by atoms with E-state index in [-0.39, 0.29) is 46.9 Å². The molecule has 12 nitrogen and oxygen atoms in total. The topological polar surface area (TPSA) is 181 Å². The number of alkyl halides is 2. The number of ether oxygens (including phenoxy) is 1. The van der Waals surface area contributed by atoms with Crippen LogP contribution in [-0.4, -0.2) is 72.7 Å². The third-order valence-corrected chi connectivity index (χ3v) is 6.49. The Balaban J connectivity index is 0.000000840. The zero-order valence-corrected chi connectivity index (χ0v) is 23.0. The highest BCUT2D eigenvalue weighted by Crippen LogP contribution is 2.29. The molecule has 5 N–H and O–H groups in total. The lowest BCUT2D eigenvalue weighted by Crippen LogP contribution is -2.59. The summed E-state index contributed by atoms with van der Waals surface area (Å²) in [5, 5.41) is 16.9. The summed E-state index contributed by atoms with van der Waals surface area (Å²) < 4.78 is 56.2. The van der Waals surface area contributed by atoms with Gasteiger partial charge < -0.3 is 30.6 Å². The van der Waals surface area contributed by atoms with Crippen LogP contribution in [-0.2, 0) is 31.1 Å². The van der Waals surface area contributed by atoms with E-state index < -0.39 is 34.8 Å². The van der Waals surface area contributed by atoms with E-state index in [1.807, 2.05) is 0 Å². The zero-order chi connectivity index (χ0) is 30.0. The molecule has 220 valence electrons. The van der Waals surface area contributed by atoms with Gasteiger partial charge in [0.05, 0.1) is 5.75 Å². The number of amidine groups is 1. The number of hydrogen-bond acceptors (Lipinski definition) is 8. The van der Waals surface area contributed by atoms with Crippen molar-refractivity contribution in [1.82, 2.24) is 10.2 Å². The largest absolute Gasteiger partial charge is 0.435 e. The van der Waals surface area contributed by atoms with Crippen LogP contribution in [0.5, 0.6) is 5.75 Å². The Morgan fingerprint density at radius 2 is 1.88 bits per heavy atom. The molecule has 1 saturated heterocycles. The molecule has 1 heterocycles. The first-order valence-corrected chi connectivity index (χ1v) is 13.7. The molecular formula is C24H29ClF2N4O8S. The van der Waals surface area contributed by atoms with E-state index in [1.165, 1.54) is 25.0 Å². The summed E-state index contributed by atoms with van der Waals surface area (Å²) in [5.74, 6) is -1.40. The second-order valence-corrected chi connectivity index (χ2v) is 10.5. The Morgan fingerprint density at radius 1 is 1.25 bits per heavy atom. The number of hydrogen-bond donors (Lipinski definition) is 4. The third-order valence-electron chi connectivity index (χ3n) is 5.54. The number of benzene rings is 2. The smallest absolute Gasteiger partial charge is 0.387 e. The van der Waals surface area contributed by atoms with E-state index in [0.717, 1.165) is 17.7 Å². The molecule has 0 aliphatic carbocycles. The van der Waals surface area contributed by atoms with Crippen LogP contribution in [0, 0.1) is 0 Å². The fourth-order valence-corrected chi connectivity index (χ4v) is 3.62. The zero-order valence-electron chi connectivity index (χ0n) is 21.5. The number of nitrogens with zero attached hydrogens (tertiary/aromatic N) is 2. The van der Waals surface area contributed by atoms with Gasteiger partial charge in [0.25, 0.3) is 16.0 Å². The second kappa shape index (κ2) is 14.7. The number of aliphatic hydroxyl groups is 1. The molecule has 2 atom stereocenters. The minimum Gasteiger partial charge on any atom is -0.435 e. The molecule has 0 bridgehead atoms. The first-order chi connectivity index (χ1) is 18.7. The second-order valence-electron chi connectivity index (χ2n) is 8.28. The highest BCUT2D eigenvalue weighted by Gasteiger charge is 2.40. The quantitative estimate of drug-likeness (QED) is 0.136. The lowest BCUT2D eigenvalue weighted by molar-refractivity contribution is -0.154. The number of amides is 2. The van der Waals surface area contributed by atoms with Crippen LogP contribution in [0.1, 0.15) is 36.1 Å². The van der Waals surface area contributed by atoms with Gasteiger partial charge in [0.2, 0.25) is 5.91 Å².